The van der Waals surface area contributed by atoms with Gasteiger partial charge in [-0.25, -0.2) is 0 Å². The van der Waals surface area contributed by atoms with Crippen LogP contribution < -0.4 is 10.6 Å². The van der Waals surface area contributed by atoms with E-state index in [4.69, 9.17) is 0 Å². The van der Waals surface area contributed by atoms with E-state index in [1.54, 1.807) is 11.3 Å². The number of nitrogens with zero attached hydrogens (tertiary/aromatic N) is 2. The van der Waals surface area contributed by atoms with Gasteiger partial charge in [0.25, 0.3) is 0 Å². The summed E-state index contributed by atoms with van der Waals surface area (Å²) in [4.78, 5) is 30.7. The number of amides is 2. The van der Waals surface area contributed by atoms with E-state index in [0.29, 0.717) is 25.4 Å². The molecular formula is C19H30N4O2S. The topological polar surface area (TPSA) is 64.7 Å². The molecule has 0 aromatic carbocycles. The van der Waals surface area contributed by atoms with Gasteiger partial charge in [0.2, 0.25) is 11.8 Å². The number of hydrogen-bond acceptors (Lipinski definition) is 5. The molecule has 144 valence electrons. The molecule has 6 nitrogen and oxygen atoms in total. The zero-order valence-electron chi connectivity index (χ0n) is 15.7. The Bertz CT molecular complexity index is 599. The van der Waals surface area contributed by atoms with Crippen molar-refractivity contribution in [3.63, 3.8) is 0 Å². The van der Waals surface area contributed by atoms with Crippen LogP contribution >= 0.6 is 11.3 Å². The van der Waals surface area contributed by atoms with Crippen molar-refractivity contribution in [1.29, 1.82) is 0 Å². The summed E-state index contributed by atoms with van der Waals surface area (Å²) in [7, 11) is 2.15. The third kappa shape index (κ3) is 4.84. The second kappa shape index (κ2) is 8.97. The third-order valence-electron chi connectivity index (χ3n) is 5.43. The SMILES string of the molecule is CCNC(=O)[C@@H]1C[C@H](NC(=O)Cc2cccs2)CN1C1CCN(C)CC1. The molecule has 2 aliphatic heterocycles. The lowest BCUT2D eigenvalue weighted by molar-refractivity contribution is -0.126. The second-order valence-corrected chi connectivity index (χ2v) is 8.43. The number of rotatable bonds is 6. The highest BCUT2D eigenvalue weighted by Gasteiger charge is 2.41. The van der Waals surface area contributed by atoms with Gasteiger partial charge in [-0.1, -0.05) is 6.07 Å². The summed E-state index contributed by atoms with van der Waals surface area (Å²) in [6.45, 7) is 5.50. The van der Waals surface area contributed by atoms with E-state index in [1.807, 2.05) is 24.4 Å². The average Bonchev–Trinajstić information content (AvgIpc) is 3.25. The molecule has 2 saturated heterocycles. The summed E-state index contributed by atoms with van der Waals surface area (Å²) in [5, 5.41) is 8.12. The van der Waals surface area contributed by atoms with E-state index < -0.39 is 0 Å². The van der Waals surface area contributed by atoms with Crippen molar-refractivity contribution in [2.45, 2.75) is 50.7 Å². The van der Waals surface area contributed by atoms with Crippen molar-refractivity contribution in [3.05, 3.63) is 22.4 Å². The molecule has 2 aliphatic rings. The highest BCUT2D eigenvalue weighted by Crippen LogP contribution is 2.26. The number of hydrogen-bond donors (Lipinski definition) is 2. The van der Waals surface area contributed by atoms with Gasteiger partial charge in [0, 0.05) is 30.1 Å². The maximum absolute atomic E-state index is 12.6. The van der Waals surface area contributed by atoms with Gasteiger partial charge >= 0.3 is 0 Å². The molecule has 2 amide bonds. The first-order valence-corrected chi connectivity index (χ1v) is 10.5. The Morgan fingerprint density at radius 1 is 1.31 bits per heavy atom. The molecule has 0 aliphatic carbocycles. The summed E-state index contributed by atoms with van der Waals surface area (Å²) in [5.41, 5.74) is 0. The first-order valence-electron chi connectivity index (χ1n) is 9.60. The van der Waals surface area contributed by atoms with Gasteiger partial charge in [0.15, 0.2) is 0 Å². The Balaban J connectivity index is 1.61. The van der Waals surface area contributed by atoms with Crippen molar-refractivity contribution in [2.24, 2.45) is 0 Å². The van der Waals surface area contributed by atoms with E-state index >= 15 is 0 Å². The summed E-state index contributed by atoms with van der Waals surface area (Å²) in [5.74, 6) is 0.152. The van der Waals surface area contributed by atoms with Crippen molar-refractivity contribution < 1.29 is 9.59 Å². The lowest BCUT2D eigenvalue weighted by Crippen LogP contribution is -2.51. The molecule has 1 aromatic heterocycles. The maximum Gasteiger partial charge on any atom is 0.237 e. The Hall–Kier alpha value is -1.44. The molecule has 26 heavy (non-hydrogen) atoms. The Kier molecular flexibility index (Phi) is 6.67. The first kappa shape index (κ1) is 19.3. The Labute approximate surface area is 159 Å². The number of likely N-dealkylation sites (N-methyl/N-ethyl adjacent to an activating group) is 1. The molecule has 0 saturated carbocycles. The van der Waals surface area contributed by atoms with Crippen LogP contribution in [-0.4, -0.2) is 73.0 Å². The Morgan fingerprint density at radius 2 is 2.08 bits per heavy atom. The van der Waals surface area contributed by atoms with Crippen LogP contribution in [0.25, 0.3) is 0 Å². The molecule has 2 N–H and O–H groups in total. The lowest BCUT2D eigenvalue weighted by Gasteiger charge is -2.37. The minimum atomic E-state index is -0.129. The van der Waals surface area contributed by atoms with Crippen molar-refractivity contribution in [2.75, 3.05) is 33.2 Å². The van der Waals surface area contributed by atoms with Crippen LogP contribution in [0.4, 0.5) is 0 Å². The van der Waals surface area contributed by atoms with Crippen molar-refractivity contribution in [3.8, 4) is 0 Å². The molecule has 0 radical (unpaired) electrons. The van der Waals surface area contributed by atoms with Crippen LogP contribution in [0.2, 0.25) is 0 Å². The van der Waals surface area contributed by atoms with E-state index in [9.17, 15) is 9.59 Å². The van der Waals surface area contributed by atoms with Gasteiger partial charge in [-0.3, -0.25) is 14.5 Å². The second-order valence-electron chi connectivity index (χ2n) is 7.40. The maximum atomic E-state index is 12.6. The fourth-order valence-corrected chi connectivity index (χ4v) is 4.80. The molecule has 0 bridgehead atoms. The van der Waals surface area contributed by atoms with Gasteiger partial charge in [-0.05, 0) is 57.8 Å². The predicted octanol–water partition coefficient (Wildman–Crippen LogP) is 1.08. The first-order chi connectivity index (χ1) is 12.6. The molecule has 2 atom stereocenters. The predicted molar refractivity (Wildman–Crippen MR) is 104 cm³/mol. The normalized spacial score (nSPS) is 25.3. The summed E-state index contributed by atoms with van der Waals surface area (Å²) in [6.07, 6.45) is 3.30. The number of thiophene rings is 1. The van der Waals surface area contributed by atoms with Crippen LogP contribution in [0.3, 0.4) is 0 Å². The molecule has 3 heterocycles. The molecule has 0 spiro atoms. The summed E-state index contributed by atoms with van der Waals surface area (Å²) < 4.78 is 0. The van der Waals surface area contributed by atoms with Gasteiger partial charge in [-0.15, -0.1) is 11.3 Å². The Morgan fingerprint density at radius 3 is 2.73 bits per heavy atom. The van der Waals surface area contributed by atoms with Crippen LogP contribution in [0.1, 0.15) is 31.1 Å². The van der Waals surface area contributed by atoms with Crippen molar-refractivity contribution in [1.82, 2.24) is 20.4 Å². The van der Waals surface area contributed by atoms with Gasteiger partial charge < -0.3 is 15.5 Å². The third-order valence-corrected chi connectivity index (χ3v) is 6.31. The number of carbonyl (C=O) groups excluding carboxylic acids is 2. The zero-order valence-corrected chi connectivity index (χ0v) is 16.6. The van der Waals surface area contributed by atoms with Gasteiger partial charge in [-0.2, -0.15) is 0 Å². The largest absolute Gasteiger partial charge is 0.355 e. The van der Waals surface area contributed by atoms with Gasteiger partial charge in [0.1, 0.15) is 0 Å². The van der Waals surface area contributed by atoms with Crippen LogP contribution in [0, 0.1) is 0 Å². The molecular weight excluding hydrogens is 348 g/mol. The van der Waals surface area contributed by atoms with Crippen LogP contribution in [0.5, 0.6) is 0 Å². The van der Waals surface area contributed by atoms with Crippen molar-refractivity contribution >= 4 is 23.2 Å². The number of carbonyl (C=O) groups is 2. The molecule has 3 rings (SSSR count). The minimum Gasteiger partial charge on any atom is -0.355 e. The van der Waals surface area contributed by atoms with Crippen LogP contribution in [-0.2, 0) is 16.0 Å². The molecule has 0 unspecified atom stereocenters. The lowest BCUT2D eigenvalue weighted by atomic mass is 10.0. The van der Waals surface area contributed by atoms with E-state index in [-0.39, 0.29) is 23.9 Å². The fourth-order valence-electron chi connectivity index (χ4n) is 4.10. The zero-order chi connectivity index (χ0) is 18.5. The average molecular weight is 379 g/mol. The number of piperidine rings is 1. The highest BCUT2D eigenvalue weighted by atomic mass is 32.1. The van der Waals surface area contributed by atoms with E-state index in [1.165, 1.54) is 0 Å². The van der Waals surface area contributed by atoms with Crippen LogP contribution in [0.15, 0.2) is 17.5 Å². The minimum absolute atomic E-state index is 0.0507. The highest BCUT2D eigenvalue weighted by molar-refractivity contribution is 7.10. The number of likely N-dealkylation sites (tertiary alicyclic amines) is 2. The fraction of sp³-hybridized carbons (Fsp3) is 0.684. The summed E-state index contributed by atoms with van der Waals surface area (Å²) >= 11 is 1.60. The monoisotopic (exact) mass is 378 g/mol. The van der Waals surface area contributed by atoms with Gasteiger partial charge in [0.05, 0.1) is 12.5 Å². The molecule has 1 aromatic rings. The molecule has 7 heteroatoms. The number of nitrogens with one attached hydrogen (secondary N) is 2. The standard InChI is InChI=1S/C19H30N4O2S/c1-3-20-19(25)17-11-14(21-18(24)12-16-5-4-10-26-16)13-23(17)15-6-8-22(2)9-7-15/h4-5,10,14-15,17H,3,6-9,11-13H2,1-2H3,(H,20,25)(H,21,24)/t14-,17-/m0/s1. The van der Waals surface area contributed by atoms with E-state index in [0.717, 1.165) is 37.4 Å². The van der Waals surface area contributed by atoms with E-state index in [2.05, 4.69) is 27.5 Å². The summed E-state index contributed by atoms with van der Waals surface area (Å²) in [6, 6.07) is 4.31. The smallest absolute Gasteiger partial charge is 0.237 e. The quantitative estimate of drug-likeness (QED) is 0.778. The molecule has 2 fully saturated rings.